The molecule has 1 aliphatic heterocycles. The highest BCUT2D eigenvalue weighted by molar-refractivity contribution is 5.58. The van der Waals surface area contributed by atoms with Gasteiger partial charge in [-0.15, -0.1) is 0 Å². The van der Waals surface area contributed by atoms with Crippen molar-refractivity contribution >= 4 is 11.4 Å². The largest absolute Gasteiger partial charge is 0.416 e. The van der Waals surface area contributed by atoms with E-state index in [1.54, 1.807) is 0 Å². The first-order valence-corrected chi connectivity index (χ1v) is 7.94. The number of para-hydroxylation sites is 1. The van der Waals surface area contributed by atoms with Crippen molar-refractivity contribution in [3.8, 4) is 0 Å². The van der Waals surface area contributed by atoms with E-state index in [4.69, 9.17) is 5.73 Å². The van der Waals surface area contributed by atoms with Crippen LogP contribution in [0.3, 0.4) is 0 Å². The van der Waals surface area contributed by atoms with E-state index in [9.17, 15) is 13.2 Å². The minimum Gasteiger partial charge on any atom is -0.368 e. The molecular formula is C18H20F3N3. The van der Waals surface area contributed by atoms with E-state index in [1.165, 1.54) is 12.1 Å². The molecule has 0 atom stereocenters. The number of halogens is 3. The smallest absolute Gasteiger partial charge is 0.368 e. The highest BCUT2D eigenvalue weighted by Gasteiger charge is 2.32. The Bertz CT molecular complexity index is 678. The van der Waals surface area contributed by atoms with E-state index in [-0.39, 0.29) is 6.54 Å². The monoisotopic (exact) mass is 335 g/mol. The summed E-state index contributed by atoms with van der Waals surface area (Å²) in [6.07, 6.45) is -4.34. The first kappa shape index (κ1) is 16.6. The van der Waals surface area contributed by atoms with E-state index < -0.39 is 11.7 Å². The van der Waals surface area contributed by atoms with E-state index in [0.29, 0.717) is 18.8 Å². The minimum atomic E-state index is -4.34. The predicted octanol–water partition coefficient (Wildman–Crippen LogP) is 3.49. The van der Waals surface area contributed by atoms with Crippen LogP contribution in [0.15, 0.2) is 48.5 Å². The molecule has 6 heteroatoms. The molecule has 3 nitrogen and oxygen atoms in total. The fourth-order valence-electron chi connectivity index (χ4n) is 3.05. The van der Waals surface area contributed by atoms with Crippen molar-refractivity contribution in [1.82, 2.24) is 0 Å². The van der Waals surface area contributed by atoms with E-state index >= 15 is 0 Å². The van der Waals surface area contributed by atoms with Gasteiger partial charge < -0.3 is 15.5 Å². The molecule has 2 aromatic carbocycles. The number of anilines is 2. The standard InChI is InChI=1S/C18H20F3N3/c19-18(20,21)15-7-6-14(13-22)17(12-15)24-10-8-23(9-11-24)16-4-2-1-3-5-16/h1-7,12H,8-11,13,22H2. The highest BCUT2D eigenvalue weighted by Crippen LogP contribution is 2.34. The summed E-state index contributed by atoms with van der Waals surface area (Å²) in [7, 11) is 0. The fourth-order valence-corrected chi connectivity index (χ4v) is 3.05. The van der Waals surface area contributed by atoms with Gasteiger partial charge in [0.05, 0.1) is 5.56 Å². The Kier molecular flexibility index (Phi) is 4.66. The van der Waals surface area contributed by atoms with Gasteiger partial charge >= 0.3 is 6.18 Å². The molecule has 0 saturated carbocycles. The van der Waals surface area contributed by atoms with Crippen LogP contribution >= 0.6 is 0 Å². The molecule has 3 rings (SSSR count). The molecule has 1 fully saturated rings. The maximum atomic E-state index is 13.0. The first-order valence-electron chi connectivity index (χ1n) is 7.94. The van der Waals surface area contributed by atoms with Crippen molar-refractivity contribution in [1.29, 1.82) is 0 Å². The Morgan fingerprint density at radius 1 is 0.875 bits per heavy atom. The zero-order valence-electron chi connectivity index (χ0n) is 13.3. The second-order valence-corrected chi connectivity index (χ2v) is 5.86. The quantitative estimate of drug-likeness (QED) is 0.932. The van der Waals surface area contributed by atoms with Crippen LogP contribution < -0.4 is 15.5 Å². The summed E-state index contributed by atoms with van der Waals surface area (Å²) in [5.41, 5.74) is 7.57. The van der Waals surface area contributed by atoms with Crippen LogP contribution in [0.2, 0.25) is 0 Å². The summed E-state index contributed by atoms with van der Waals surface area (Å²) in [6.45, 7) is 3.10. The van der Waals surface area contributed by atoms with Crippen LogP contribution in [-0.2, 0) is 12.7 Å². The second-order valence-electron chi connectivity index (χ2n) is 5.86. The van der Waals surface area contributed by atoms with Gasteiger partial charge in [-0.25, -0.2) is 0 Å². The molecule has 2 N–H and O–H groups in total. The van der Waals surface area contributed by atoms with Gasteiger partial charge in [-0.3, -0.25) is 0 Å². The topological polar surface area (TPSA) is 32.5 Å². The first-order chi connectivity index (χ1) is 11.5. The Balaban J connectivity index is 1.78. The third kappa shape index (κ3) is 3.48. The molecule has 0 aliphatic carbocycles. The molecule has 1 heterocycles. The Labute approximate surface area is 139 Å². The zero-order chi connectivity index (χ0) is 17.2. The lowest BCUT2D eigenvalue weighted by Crippen LogP contribution is -2.47. The lowest BCUT2D eigenvalue weighted by Gasteiger charge is -2.38. The SMILES string of the molecule is NCc1ccc(C(F)(F)F)cc1N1CCN(c2ccccc2)CC1. The molecule has 0 amide bonds. The van der Waals surface area contributed by atoms with Gasteiger partial charge in [0, 0.05) is 44.1 Å². The zero-order valence-corrected chi connectivity index (χ0v) is 13.3. The molecule has 1 aliphatic rings. The van der Waals surface area contributed by atoms with Crippen LogP contribution in [-0.4, -0.2) is 26.2 Å². The number of rotatable bonds is 3. The summed E-state index contributed by atoms with van der Waals surface area (Å²) in [5, 5.41) is 0. The normalized spacial score (nSPS) is 15.7. The van der Waals surface area contributed by atoms with Gasteiger partial charge in [0.2, 0.25) is 0 Å². The van der Waals surface area contributed by atoms with E-state index in [0.717, 1.165) is 30.4 Å². The number of nitrogens with two attached hydrogens (primary N) is 1. The number of hydrogen-bond acceptors (Lipinski definition) is 3. The Morgan fingerprint density at radius 2 is 1.50 bits per heavy atom. The molecular weight excluding hydrogens is 315 g/mol. The highest BCUT2D eigenvalue weighted by atomic mass is 19.4. The van der Waals surface area contributed by atoms with Gasteiger partial charge in [-0.2, -0.15) is 13.2 Å². The number of benzene rings is 2. The van der Waals surface area contributed by atoms with Crippen molar-refractivity contribution in [2.24, 2.45) is 5.73 Å². The van der Waals surface area contributed by atoms with Gasteiger partial charge in [0.25, 0.3) is 0 Å². The van der Waals surface area contributed by atoms with Gasteiger partial charge in [0.15, 0.2) is 0 Å². The summed E-state index contributed by atoms with van der Waals surface area (Å²) in [6, 6.07) is 13.8. The van der Waals surface area contributed by atoms with Crippen LogP contribution in [0.4, 0.5) is 24.5 Å². The molecule has 0 spiro atoms. The fraction of sp³-hybridized carbons (Fsp3) is 0.333. The summed E-state index contributed by atoms with van der Waals surface area (Å²) >= 11 is 0. The molecule has 1 saturated heterocycles. The van der Waals surface area contributed by atoms with Gasteiger partial charge in [-0.1, -0.05) is 24.3 Å². The summed E-state index contributed by atoms with van der Waals surface area (Å²) in [4.78, 5) is 4.24. The van der Waals surface area contributed by atoms with Crippen molar-refractivity contribution in [2.45, 2.75) is 12.7 Å². The Morgan fingerprint density at radius 3 is 2.08 bits per heavy atom. The molecule has 2 aromatic rings. The van der Waals surface area contributed by atoms with Crippen LogP contribution in [0.25, 0.3) is 0 Å². The summed E-state index contributed by atoms with van der Waals surface area (Å²) in [5.74, 6) is 0. The maximum Gasteiger partial charge on any atom is 0.416 e. The number of piperazine rings is 1. The van der Waals surface area contributed by atoms with Crippen molar-refractivity contribution in [3.63, 3.8) is 0 Å². The van der Waals surface area contributed by atoms with Gasteiger partial charge in [0.1, 0.15) is 0 Å². The predicted molar refractivity (Wildman–Crippen MR) is 90.2 cm³/mol. The molecule has 0 bridgehead atoms. The van der Waals surface area contributed by atoms with Crippen LogP contribution in [0, 0.1) is 0 Å². The molecule has 0 aromatic heterocycles. The number of hydrogen-bond donors (Lipinski definition) is 1. The number of alkyl halides is 3. The molecule has 24 heavy (non-hydrogen) atoms. The molecule has 0 radical (unpaired) electrons. The lowest BCUT2D eigenvalue weighted by atomic mass is 10.1. The molecule has 0 unspecified atom stereocenters. The van der Waals surface area contributed by atoms with Crippen LogP contribution in [0.1, 0.15) is 11.1 Å². The van der Waals surface area contributed by atoms with Crippen molar-refractivity contribution < 1.29 is 13.2 Å². The van der Waals surface area contributed by atoms with E-state index in [1.807, 2.05) is 35.2 Å². The molecule has 128 valence electrons. The summed E-state index contributed by atoms with van der Waals surface area (Å²) < 4.78 is 39.0. The minimum absolute atomic E-state index is 0.229. The Hall–Kier alpha value is -2.21. The van der Waals surface area contributed by atoms with Gasteiger partial charge in [-0.05, 0) is 29.8 Å². The third-order valence-electron chi connectivity index (χ3n) is 4.37. The number of nitrogens with zero attached hydrogens (tertiary/aromatic N) is 2. The third-order valence-corrected chi connectivity index (χ3v) is 4.37. The van der Waals surface area contributed by atoms with Crippen molar-refractivity contribution in [3.05, 3.63) is 59.7 Å². The average molecular weight is 335 g/mol. The maximum absolute atomic E-state index is 13.0. The average Bonchev–Trinajstić information content (AvgIpc) is 2.61. The second kappa shape index (κ2) is 6.73. The lowest BCUT2D eigenvalue weighted by molar-refractivity contribution is -0.137. The van der Waals surface area contributed by atoms with E-state index in [2.05, 4.69) is 4.90 Å². The van der Waals surface area contributed by atoms with Crippen molar-refractivity contribution in [2.75, 3.05) is 36.0 Å². The van der Waals surface area contributed by atoms with Crippen LogP contribution in [0.5, 0.6) is 0 Å².